The predicted octanol–water partition coefficient (Wildman–Crippen LogP) is 3.10. The molecule has 0 heterocycles. The highest BCUT2D eigenvalue weighted by Crippen LogP contribution is 2.22. The van der Waals surface area contributed by atoms with Crippen molar-refractivity contribution in [3.8, 4) is 0 Å². The van der Waals surface area contributed by atoms with Gasteiger partial charge in [-0.05, 0) is 6.42 Å². The molecule has 0 aromatic carbocycles. The standard InChI is InChI=1S/C15H29NO2/c1-6-7-8-9-12(16)13(17)10-11(2)14(18)15(3,4)5/h11-12H,6-10,16H2,1-5H3/t11-,12+/m1/s1. The molecule has 0 spiro atoms. The van der Waals surface area contributed by atoms with E-state index in [1.807, 2.05) is 27.7 Å². The summed E-state index contributed by atoms with van der Waals surface area (Å²) in [5.41, 5.74) is 5.47. The molecule has 2 N–H and O–H groups in total. The summed E-state index contributed by atoms with van der Waals surface area (Å²) in [5, 5.41) is 0. The molecule has 0 unspecified atom stereocenters. The average Bonchev–Trinajstić information content (AvgIpc) is 2.26. The van der Waals surface area contributed by atoms with E-state index in [1.165, 1.54) is 0 Å². The lowest BCUT2D eigenvalue weighted by atomic mass is 9.81. The van der Waals surface area contributed by atoms with Crippen molar-refractivity contribution in [1.29, 1.82) is 0 Å². The van der Waals surface area contributed by atoms with Crippen molar-refractivity contribution in [2.45, 2.75) is 72.8 Å². The van der Waals surface area contributed by atoms with E-state index in [2.05, 4.69) is 6.92 Å². The van der Waals surface area contributed by atoms with Crippen molar-refractivity contribution >= 4 is 11.6 Å². The normalized spacial score (nSPS) is 15.2. The first-order valence-electron chi connectivity index (χ1n) is 7.02. The Morgan fingerprint density at radius 3 is 2.17 bits per heavy atom. The van der Waals surface area contributed by atoms with Crippen LogP contribution in [0.5, 0.6) is 0 Å². The van der Waals surface area contributed by atoms with Crippen LogP contribution in [0, 0.1) is 11.3 Å². The third kappa shape index (κ3) is 6.29. The Balaban J connectivity index is 4.18. The fourth-order valence-electron chi connectivity index (χ4n) is 2.06. The Hall–Kier alpha value is -0.700. The van der Waals surface area contributed by atoms with Gasteiger partial charge in [-0.25, -0.2) is 0 Å². The van der Waals surface area contributed by atoms with Crippen molar-refractivity contribution in [3.05, 3.63) is 0 Å². The Labute approximate surface area is 112 Å². The van der Waals surface area contributed by atoms with Crippen LogP contribution in [0.3, 0.4) is 0 Å². The number of Topliss-reactive ketones (excluding diaryl/α,β-unsaturated/α-hetero) is 2. The predicted molar refractivity (Wildman–Crippen MR) is 75.4 cm³/mol. The zero-order valence-corrected chi connectivity index (χ0v) is 12.6. The van der Waals surface area contributed by atoms with Crippen molar-refractivity contribution < 1.29 is 9.59 Å². The zero-order valence-electron chi connectivity index (χ0n) is 12.6. The monoisotopic (exact) mass is 255 g/mol. The topological polar surface area (TPSA) is 60.2 Å². The number of hydrogen-bond acceptors (Lipinski definition) is 3. The van der Waals surface area contributed by atoms with Gasteiger partial charge in [0, 0.05) is 17.8 Å². The molecule has 0 aromatic rings. The zero-order chi connectivity index (χ0) is 14.3. The minimum atomic E-state index is -0.397. The van der Waals surface area contributed by atoms with Crippen LogP contribution in [0.15, 0.2) is 0 Å². The second-order valence-corrected chi connectivity index (χ2v) is 6.29. The summed E-state index contributed by atoms with van der Waals surface area (Å²) in [6.07, 6.45) is 4.24. The van der Waals surface area contributed by atoms with Crippen LogP contribution >= 0.6 is 0 Å². The second-order valence-electron chi connectivity index (χ2n) is 6.29. The summed E-state index contributed by atoms with van der Waals surface area (Å²) >= 11 is 0. The molecule has 3 nitrogen and oxygen atoms in total. The number of rotatable bonds is 8. The summed E-state index contributed by atoms with van der Waals surface area (Å²) in [4.78, 5) is 23.9. The molecular weight excluding hydrogens is 226 g/mol. The van der Waals surface area contributed by atoms with Crippen LogP contribution in [-0.4, -0.2) is 17.6 Å². The maximum absolute atomic E-state index is 12.0. The Kier molecular flexibility index (Phi) is 7.37. The Bertz CT molecular complexity index is 279. The molecule has 0 saturated carbocycles. The highest BCUT2D eigenvalue weighted by Gasteiger charge is 2.29. The molecule has 0 aromatic heterocycles. The second kappa shape index (κ2) is 7.67. The van der Waals surface area contributed by atoms with Crippen molar-refractivity contribution in [2.24, 2.45) is 17.1 Å². The molecule has 0 rings (SSSR count). The van der Waals surface area contributed by atoms with Crippen molar-refractivity contribution in [3.63, 3.8) is 0 Å². The van der Waals surface area contributed by atoms with Crippen molar-refractivity contribution in [1.82, 2.24) is 0 Å². The van der Waals surface area contributed by atoms with Gasteiger partial charge in [-0.3, -0.25) is 9.59 Å². The van der Waals surface area contributed by atoms with Crippen LogP contribution in [0.2, 0.25) is 0 Å². The largest absolute Gasteiger partial charge is 0.322 e. The van der Waals surface area contributed by atoms with E-state index >= 15 is 0 Å². The summed E-state index contributed by atoms with van der Waals surface area (Å²) in [6, 6.07) is -0.397. The van der Waals surface area contributed by atoms with Gasteiger partial charge in [-0.15, -0.1) is 0 Å². The lowest BCUT2D eigenvalue weighted by Crippen LogP contribution is -2.35. The van der Waals surface area contributed by atoms with Gasteiger partial charge in [-0.1, -0.05) is 53.9 Å². The smallest absolute Gasteiger partial charge is 0.150 e. The molecule has 2 atom stereocenters. The van der Waals surface area contributed by atoms with E-state index in [-0.39, 0.29) is 29.3 Å². The van der Waals surface area contributed by atoms with E-state index in [0.29, 0.717) is 0 Å². The van der Waals surface area contributed by atoms with Gasteiger partial charge in [0.15, 0.2) is 0 Å². The minimum Gasteiger partial charge on any atom is -0.322 e. The molecule has 0 bridgehead atoms. The van der Waals surface area contributed by atoms with Crippen LogP contribution in [0.1, 0.15) is 66.7 Å². The van der Waals surface area contributed by atoms with Gasteiger partial charge in [0.1, 0.15) is 11.6 Å². The van der Waals surface area contributed by atoms with Gasteiger partial charge >= 0.3 is 0 Å². The fraction of sp³-hybridized carbons (Fsp3) is 0.867. The number of ketones is 2. The lowest BCUT2D eigenvalue weighted by molar-refractivity contribution is -0.133. The number of hydrogen-bond donors (Lipinski definition) is 1. The highest BCUT2D eigenvalue weighted by atomic mass is 16.1. The molecule has 0 aliphatic rings. The van der Waals surface area contributed by atoms with E-state index in [1.54, 1.807) is 0 Å². The molecular formula is C15H29NO2. The third-order valence-corrected chi connectivity index (χ3v) is 3.23. The van der Waals surface area contributed by atoms with Crippen LogP contribution in [0.4, 0.5) is 0 Å². The molecule has 0 aliphatic heterocycles. The van der Waals surface area contributed by atoms with E-state index in [0.717, 1.165) is 25.7 Å². The van der Waals surface area contributed by atoms with Crippen LogP contribution < -0.4 is 5.73 Å². The third-order valence-electron chi connectivity index (χ3n) is 3.23. The van der Waals surface area contributed by atoms with Gasteiger partial charge in [-0.2, -0.15) is 0 Å². The first-order valence-corrected chi connectivity index (χ1v) is 7.02. The summed E-state index contributed by atoms with van der Waals surface area (Å²) < 4.78 is 0. The molecule has 3 heteroatoms. The molecule has 0 saturated heterocycles. The molecule has 0 amide bonds. The molecule has 0 radical (unpaired) electrons. The van der Waals surface area contributed by atoms with E-state index in [4.69, 9.17) is 5.73 Å². The summed E-state index contributed by atoms with van der Waals surface area (Å²) in [7, 11) is 0. The van der Waals surface area contributed by atoms with Gasteiger partial charge < -0.3 is 5.73 Å². The SMILES string of the molecule is CCCCC[C@H](N)C(=O)C[C@@H](C)C(=O)C(C)(C)C. The number of carbonyl (C=O) groups is 2. The van der Waals surface area contributed by atoms with E-state index < -0.39 is 6.04 Å². The fourth-order valence-corrected chi connectivity index (χ4v) is 2.06. The molecule has 106 valence electrons. The van der Waals surface area contributed by atoms with Gasteiger partial charge in [0.05, 0.1) is 6.04 Å². The molecule has 18 heavy (non-hydrogen) atoms. The number of nitrogens with two attached hydrogens (primary N) is 1. The Morgan fingerprint density at radius 1 is 1.17 bits per heavy atom. The number of unbranched alkanes of at least 4 members (excludes halogenated alkanes) is 2. The quantitative estimate of drug-likeness (QED) is 0.678. The van der Waals surface area contributed by atoms with Crippen LogP contribution in [0.25, 0.3) is 0 Å². The number of carbonyl (C=O) groups excluding carboxylic acids is 2. The first-order chi connectivity index (χ1) is 8.20. The average molecular weight is 255 g/mol. The highest BCUT2D eigenvalue weighted by molar-refractivity contribution is 5.92. The molecule has 0 fully saturated rings. The van der Waals surface area contributed by atoms with Crippen molar-refractivity contribution in [2.75, 3.05) is 0 Å². The lowest BCUT2D eigenvalue weighted by Gasteiger charge is -2.22. The maximum atomic E-state index is 12.0. The van der Waals surface area contributed by atoms with E-state index in [9.17, 15) is 9.59 Å². The molecule has 0 aliphatic carbocycles. The van der Waals surface area contributed by atoms with Gasteiger partial charge in [0.25, 0.3) is 0 Å². The maximum Gasteiger partial charge on any atom is 0.150 e. The van der Waals surface area contributed by atoms with Gasteiger partial charge in [0.2, 0.25) is 0 Å². The summed E-state index contributed by atoms with van der Waals surface area (Å²) in [6.45, 7) is 9.61. The van der Waals surface area contributed by atoms with Crippen LogP contribution in [-0.2, 0) is 9.59 Å². The summed E-state index contributed by atoms with van der Waals surface area (Å²) in [5.74, 6) is -0.0671. The first kappa shape index (κ1) is 17.3. The Morgan fingerprint density at radius 2 is 1.72 bits per heavy atom. The minimum absolute atomic E-state index is 0.0243.